The molecule has 0 heterocycles. The lowest BCUT2D eigenvalue weighted by Gasteiger charge is -2.13. The molecule has 0 aromatic rings. The third kappa shape index (κ3) is 2.55. The van der Waals surface area contributed by atoms with Gasteiger partial charge in [-0.3, -0.25) is 9.59 Å². The Labute approximate surface area is 126 Å². The highest BCUT2D eigenvalue weighted by molar-refractivity contribution is 6.00. The summed E-state index contributed by atoms with van der Waals surface area (Å²) < 4.78 is 5.59. The Balaban J connectivity index is 2.12. The van der Waals surface area contributed by atoms with Crippen molar-refractivity contribution < 1.29 is 14.3 Å². The minimum Gasteiger partial charge on any atom is -0.457 e. The second kappa shape index (κ2) is 5.18. The molecule has 21 heavy (non-hydrogen) atoms. The Hall–Kier alpha value is -1.82. The first-order valence-electron chi connectivity index (χ1n) is 7.26. The van der Waals surface area contributed by atoms with Crippen LogP contribution in [-0.4, -0.2) is 17.9 Å². The maximum atomic E-state index is 12.4. The van der Waals surface area contributed by atoms with E-state index in [1.165, 1.54) is 5.57 Å². The summed E-state index contributed by atoms with van der Waals surface area (Å²) in [6, 6.07) is 0. The Bertz CT molecular complexity index is 607. The van der Waals surface area contributed by atoms with Crippen molar-refractivity contribution in [2.45, 2.75) is 53.6 Å². The summed E-state index contributed by atoms with van der Waals surface area (Å²) in [5.74, 6) is 2.08. The molecule has 0 aliphatic heterocycles. The number of rotatable bonds is 3. The molecule has 1 fully saturated rings. The van der Waals surface area contributed by atoms with Crippen LogP contribution in [0.2, 0.25) is 0 Å². The van der Waals surface area contributed by atoms with Crippen LogP contribution in [0, 0.1) is 23.7 Å². The lowest BCUT2D eigenvalue weighted by atomic mass is 10.1. The van der Waals surface area contributed by atoms with Crippen molar-refractivity contribution in [1.82, 2.24) is 0 Å². The van der Waals surface area contributed by atoms with Gasteiger partial charge in [0, 0.05) is 17.4 Å². The molecular weight excluding hydrogens is 264 g/mol. The van der Waals surface area contributed by atoms with Crippen LogP contribution in [0.3, 0.4) is 0 Å². The molecule has 3 heteroatoms. The van der Waals surface area contributed by atoms with Gasteiger partial charge < -0.3 is 4.74 Å². The van der Waals surface area contributed by atoms with Crippen molar-refractivity contribution in [2.75, 3.05) is 0 Å². The fraction of sp³-hybridized carbons (Fsp3) is 0.556. The van der Waals surface area contributed by atoms with E-state index in [1.807, 2.05) is 34.6 Å². The van der Waals surface area contributed by atoms with E-state index in [0.717, 1.165) is 11.1 Å². The van der Waals surface area contributed by atoms with E-state index >= 15 is 0 Å². The molecule has 0 N–H and O–H groups in total. The molecule has 0 spiro atoms. The molecule has 2 unspecified atom stereocenters. The van der Waals surface area contributed by atoms with Crippen molar-refractivity contribution in [2.24, 2.45) is 11.3 Å². The van der Waals surface area contributed by atoms with Crippen molar-refractivity contribution in [3.05, 3.63) is 22.3 Å². The summed E-state index contributed by atoms with van der Waals surface area (Å²) in [6.45, 7) is 9.95. The van der Waals surface area contributed by atoms with Crippen LogP contribution in [0.15, 0.2) is 22.3 Å². The van der Waals surface area contributed by atoms with Gasteiger partial charge in [-0.25, -0.2) is 0 Å². The molecule has 2 atom stereocenters. The second-order valence-corrected chi connectivity index (χ2v) is 6.66. The van der Waals surface area contributed by atoms with E-state index in [4.69, 9.17) is 11.2 Å². The van der Waals surface area contributed by atoms with Gasteiger partial charge in [0.1, 0.15) is 6.10 Å². The molecule has 0 aromatic carbocycles. The highest BCUT2D eigenvalue weighted by Gasteiger charge is 2.58. The highest BCUT2D eigenvalue weighted by atomic mass is 16.5. The molecule has 1 saturated carbocycles. The topological polar surface area (TPSA) is 43.4 Å². The first-order chi connectivity index (χ1) is 9.71. The van der Waals surface area contributed by atoms with Crippen LogP contribution < -0.4 is 0 Å². The number of terminal acetylenes is 1. The van der Waals surface area contributed by atoms with Gasteiger partial charge in [0.2, 0.25) is 0 Å². The Kier molecular flexibility index (Phi) is 3.84. The predicted molar refractivity (Wildman–Crippen MR) is 81.3 cm³/mol. The molecule has 2 aliphatic carbocycles. The van der Waals surface area contributed by atoms with Gasteiger partial charge >= 0.3 is 5.97 Å². The molecule has 2 rings (SSSR count). The van der Waals surface area contributed by atoms with Crippen LogP contribution in [-0.2, 0) is 14.3 Å². The minimum absolute atomic E-state index is 0.000690. The molecule has 0 radical (unpaired) electrons. The molecule has 0 saturated heterocycles. The van der Waals surface area contributed by atoms with Crippen LogP contribution in [0.1, 0.15) is 47.5 Å². The Morgan fingerprint density at radius 2 is 2.05 bits per heavy atom. The second-order valence-electron chi connectivity index (χ2n) is 6.66. The van der Waals surface area contributed by atoms with E-state index in [2.05, 4.69) is 5.92 Å². The minimum atomic E-state index is -0.442. The van der Waals surface area contributed by atoms with Gasteiger partial charge in [-0.15, -0.1) is 12.3 Å². The molecule has 3 nitrogen and oxygen atoms in total. The van der Waals surface area contributed by atoms with Crippen LogP contribution in [0.4, 0.5) is 0 Å². The average Bonchev–Trinajstić information content (AvgIpc) is 2.88. The van der Waals surface area contributed by atoms with Crippen molar-refractivity contribution in [3.8, 4) is 12.3 Å². The predicted octanol–water partition coefficient (Wildman–Crippen LogP) is 3.20. The van der Waals surface area contributed by atoms with Gasteiger partial charge in [-0.2, -0.15) is 0 Å². The first-order valence-corrected chi connectivity index (χ1v) is 7.26. The molecule has 0 aromatic heterocycles. The zero-order valence-corrected chi connectivity index (χ0v) is 13.4. The highest BCUT2D eigenvalue weighted by Crippen LogP contribution is 2.59. The number of carbonyl (C=O) groups excluding carboxylic acids is 2. The summed E-state index contributed by atoms with van der Waals surface area (Å²) in [7, 11) is 0. The number of hydrogen-bond acceptors (Lipinski definition) is 3. The normalized spacial score (nSPS) is 26.7. The molecule has 0 bridgehead atoms. The largest absolute Gasteiger partial charge is 0.457 e. The van der Waals surface area contributed by atoms with Crippen molar-refractivity contribution >= 4 is 11.8 Å². The van der Waals surface area contributed by atoms with E-state index in [1.54, 1.807) is 0 Å². The van der Waals surface area contributed by atoms with E-state index in [-0.39, 0.29) is 29.5 Å². The Morgan fingerprint density at radius 3 is 2.52 bits per heavy atom. The number of Topliss-reactive ketones (excluding diaryl/α,β-unsaturated/α-hetero) is 1. The molecule has 0 amide bonds. The smallest absolute Gasteiger partial charge is 0.314 e. The maximum absolute atomic E-state index is 12.4. The maximum Gasteiger partial charge on any atom is 0.314 e. The number of allylic oxidation sites excluding steroid dienone is 2. The van der Waals surface area contributed by atoms with Gasteiger partial charge in [0.15, 0.2) is 5.78 Å². The SMILES string of the molecule is C#CCC1=C(C)C(OC(=O)C2C(=C(C)C)C2(C)C)CC1=O. The summed E-state index contributed by atoms with van der Waals surface area (Å²) in [5.41, 5.74) is 3.64. The third-order valence-corrected chi connectivity index (χ3v) is 4.60. The van der Waals surface area contributed by atoms with Gasteiger partial charge in [0.05, 0.1) is 12.3 Å². The van der Waals surface area contributed by atoms with E-state index < -0.39 is 6.10 Å². The number of carbonyl (C=O) groups is 2. The monoisotopic (exact) mass is 286 g/mol. The molecule has 112 valence electrons. The lowest BCUT2D eigenvalue weighted by Crippen LogP contribution is -2.20. The molecule has 2 aliphatic rings. The first kappa shape index (κ1) is 15.6. The number of esters is 1. The van der Waals surface area contributed by atoms with Gasteiger partial charge in [0.25, 0.3) is 0 Å². The van der Waals surface area contributed by atoms with Gasteiger partial charge in [-0.1, -0.05) is 19.4 Å². The van der Waals surface area contributed by atoms with Crippen LogP contribution in [0.25, 0.3) is 0 Å². The summed E-state index contributed by atoms with van der Waals surface area (Å²) in [4.78, 5) is 24.3. The van der Waals surface area contributed by atoms with Gasteiger partial charge in [-0.05, 0) is 31.9 Å². The van der Waals surface area contributed by atoms with E-state index in [9.17, 15) is 9.59 Å². The average molecular weight is 286 g/mol. The fourth-order valence-electron chi connectivity index (χ4n) is 3.43. The zero-order valence-electron chi connectivity index (χ0n) is 13.4. The molecular formula is C18H22O3. The standard InChI is InChI=1S/C18H22O3/c1-7-8-12-11(4)14(9-13(12)19)21-17(20)16-15(10(2)3)18(16,5)6/h1,14,16H,8-9H2,2-6H3. The zero-order chi connectivity index (χ0) is 15.9. The van der Waals surface area contributed by atoms with Crippen LogP contribution >= 0.6 is 0 Å². The van der Waals surface area contributed by atoms with Crippen LogP contribution in [0.5, 0.6) is 0 Å². The Morgan fingerprint density at radius 1 is 1.43 bits per heavy atom. The number of ether oxygens (including phenoxy) is 1. The van der Waals surface area contributed by atoms with Crippen molar-refractivity contribution in [1.29, 1.82) is 0 Å². The number of hydrogen-bond donors (Lipinski definition) is 0. The summed E-state index contributed by atoms with van der Waals surface area (Å²) in [5, 5.41) is 0. The summed E-state index contributed by atoms with van der Waals surface area (Å²) >= 11 is 0. The summed E-state index contributed by atoms with van der Waals surface area (Å²) in [6.07, 6.45) is 5.37. The quantitative estimate of drug-likeness (QED) is 0.454. The number of ketones is 1. The lowest BCUT2D eigenvalue weighted by molar-refractivity contribution is -0.149. The fourth-order valence-corrected chi connectivity index (χ4v) is 3.43. The van der Waals surface area contributed by atoms with Crippen molar-refractivity contribution in [3.63, 3.8) is 0 Å². The third-order valence-electron chi connectivity index (χ3n) is 4.60. The van der Waals surface area contributed by atoms with E-state index in [0.29, 0.717) is 12.0 Å².